The average molecular weight is 338 g/mol. The Bertz CT molecular complexity index is 602. The summed E-state index contributed by atoms with van der Waals surface area (Å²) in [6.07, 6.45) is 5.71. The number of nitrogens with two attached hydrogens (primary N) is 1. The highest BCUT2D eigenvalue weighted by atomic mass is 79.9. The van der Waals surface area contributed by atoms with Crippen LogP contribution in [0.3, 0.4) is 0 Å². The minimum absolute atomic E-state index is 0.670. The number of thiophene rings is 1. The summed E-state index contributed by atoms with van der Waals surface area (Å²) in [4.78, 5) is 11.6. The van der Waals surface area contributed by atoms with E-state index in [1.54, 1.807) is 11.3 Å². The van der Waals surface area contributed by atoms with Gasteiger partial charge in [-0.15, -0.1) is 11.3 Å². The summed E-state index contributed by atoms with van der Waals surface area (Å²) in [5.74, 6) is 1.45. The minimum atomic E-state index is 0.670. The topological polar surface area (TPSA) is 51.8 Å². The largest absolute Gasteiger partial charge is 0.383 e. The van der Waals surface area contributed by atoms with Crippen molar-refractivity contribution in [1.82, 2.24) is 9.97 Å². The fourth-order valence-corrected chi connectivity index (χ4v) is 3.95. The fraction of sp³-hybridized carbons (Fsp3) is 0.429. The lowest BCUT2D eigenvalue weighted by molar-refractivity contribution is 0.709. The zero-order valence-electron chi connectivity index (χ0n) is 10.9. The maximum Gasteiger partial charge on any atom is 0.171 e. The Balaban J connectivity index is 2.08. The van der Waals surface area contributed by atoms with Gasteiger partial charge in [0, 0.05) is 20.6 Å². The third-order valence-corrected chi connectivity index (χ3v) is 5.68. The van der Waals surface area contributed by atoms with Crippen LogP contribution in [0.4, 0.5) is 5.82 Å². The highest BCUT2D eigenvalue weighted by molar-refractivity contribution is 9.10. The van der Waals surface area contributed by atoms with Gasteiger partial charge in [0.1, 0.15) is 5.82 Å². The van der Waals surface area contributed by atoms with Crippen LogP contribution in [-0.2, 0) is 12.8 Å². The Morgan fingerprint density at radius 1 is 1.21 bits per heavy atom. The van der Waals surface area contributed by atoms with Crippen LogP contribution >= 0.6 is 27.3 Å². The molecule has 0 fully saturated rings. The van der Waals surface area contributed by atoms with E-state index in [9.17, 15) is 0 Å². The molecule has 2 aromatic heterocycles. The first-order valence-electron chi connectivity index (χ1n) is 6.56. The van der Waals surface area contributed by atoms with Crippen LogP contribution in [0.5, 0.6) is 0 Å². The van der Waals surface area contributed by atoms with Crippen molar-refractivity contribution in [2.24, 2.45) is 0 Å². The Labute approximate surface area is 125 Å². The molecule has 2 N–H and O–H groups in total. The molecule has 0 unspecified atom stereocenters. The monoisotopic (exact) mass is 337 g/mol. The number of rotatable bonds is 1. The number of fused-ring (bicyclic) bond motifs is 1. The lowest BCUT2D eigenvalue weighted by atomic mass is 10.1. The molecule has 0 spiro atoms. The summed E-state index contributed by atoms with van der Waals surface area (Å²) in [6.45, 7) is 2.09. The van der Waals surface area contributed by atoms with Crippen LogP contribution in [-0.4, -0.2) is 9.97 Å². The number of nitrogen functional groups attached to an aromatic ring is 1. The van der Waals surface area contributed by atoms with Crippen LogP contribution in [0.25, 0.3) is 10.7 Å². The highest BCUT2D eigenvalue weighted by Gasteiger charge is 2.17. The van der Waals surface area contributed by atoms with Gasteiger partial charge in [0.2, 0.25) is 0 Å². The second-order valence-electron chi connectivity index (χ2n) is 4.93. The number of nitrogens with zero attached hydrogens (tertiary/aromatic N) is 2. The molecule has 3 nitrogen and oxygen atoms in total. The molecule has 5 heteroatoms. The van der Waals surface area contributed by atoms with Crippen molar-refractivity contribution >= 4 is 33.1 Å². The molecule has 2 aromatic rings. The van der Waals surface area contributed by atoms with Gasteiger partial charge in [0.25, 0.3) is 0 Å². The lowest BCUT2D eigenvalue weighted by Gasteiger charge is -2.09. The van der Waals surface area contributed by atoms with Crippen LogP contribution in [0.2, 0.25) is 0 Å². The molecule has 0 bridgehead atoms. The second-order valence-corrected chi connectivity index (χ2v) is 7.04. The average Bonchev–Trinajstić information content (AvgIpc) is 2.61. The summed E-state index contributed by atoms with van der Waals surface area (Å²) in [5, 5.41) is 0. The lowest BCUT2D eigenvalue weighted by Crippen LogP contribution is -2.06. The van der Waals surface area contributed by atoms with Crippen LogP contribution in [0.15, 0.2) is 10.5 Å². The molecular formula is C14H16BrN3S. The molecule has 0 atom stereocenters. The molecule has 3 rings (SSSR count). The Morgan fingerprint density at radius 3 is 2.74 bits per heavy atom. The maximum absolute atomic E-state index is 6.14. The number of anilines is 1. The first-order valence-corrected chi connectivity index (χ1v) is 8.17. The number of halogens is 1. The predicted octanol–water partition coefficient (Wildman–Crippen LogP) is 4.13. The minimum Gasteiger partial charge on any atom is -0.383 e. The molecular weight excluding hydrogens is 322 g/mol. The number of aromatic nitrogens is 2. The molecule has 19 heavy (non-hydrogen) atoms. The summed E-state index contributed by atoms with van der Waals surface area (Å²) in [6, 6.07) is 2.08. The Morgan fingerprint density at radius 2 is 2.00 bits per heavy atom. The number of aryl methyl sites for hydroxylation is 2. The SMILES string of the molecule is Cc1sc(-c2nc(N)c3c(n2)CCCCC3)cc1Br. The van der Waals surface area contributed by atoms with Crippen LogP contribution < -0.4 is 5.73 Å². The summed E-state index contributed by atoms with van der Waals surface area (Å²) in [7, 11) is 0. The molecule has 1 aliphatic rings. The molecule has 1 aliphatic carbocycles. The third kappa shape index (κ3) is 2.54. The summed E-state index contributed by atoms with van der Waals surface area (Å²) < 4.78 is 1.12. The molecule has 2 heterocycles. The highest BCUT2D eigenvalue weighted by Crippen LogP contribution is 2.34. The Hall–Kier alpha value is -0.940. The zero-order chi connectivity index (χ0) is 13.4. The molecule has 0 aliphatic heterocycles. The molecule has 0 amide bonds. The number of hydrogen-bond donors (Lipinski definition) is 1. The van der Waals surface area contributed by atoms with Gasteiger partial charge in [0.05, 0.1) is 4.88 Å². The van der Waals surface area contributed by atoms with E-state index in [1.165, 1.54) is 29.7 Å². The van der Waals surface area contributed by atoms with E-state index in [0.717, 1.165) is 33.7 Å². The van der Waals surface area contributed by atoms with E-state index >= 15 is 0 Å². The van der Waals surface area contributed by atoms with E-state index in [2.05, 4.69) is 33.9 Å². The predicted molar refractivity (Wildman–Crippen MR) is 83.5 cm³/mol. The van der Waals surface area contributed by atoms with Gasteiger partial charge in [-0.25, -0.2) is 9.97 Å². The second kappa shape index (κ2) is 5.21. The van der Waals surface area contributed by atoms with Crippen LogP contribution in [0, 0.1) is 6.92 Å². The fourth-order valence-electron chi connectivity index (χ4n) is 2.48. The molecule has 0 radical (unpaired) electrons. The van der Waals surface area contributed by atoms with Crippen molar-refractivity contribution < 1.29 is 0 Å². The summed E-state index contributed by atoms with van der Waals surface area (Å²) in [5.41, 5.74) is 8.47. The van der Waals surface area contributed by atoms with Crippen LogP contribution in [0.1, 0.15) is 35.4 Å². The Kier molecular flexibility index (Phi) is 3.58. The first-order chi connectivity index (χ1) is 9.15. The van der Waals surface area contributed by atoms with Gasteiger partial charge in [-0.1, -0.05) is 6.42 Å². The van der Waals surface area contributed by atoms with Gasteiger partial charge in [0.15, 0.2) is 5.82 Å². The maximum atomic E-state index is 6.14. The van der Waals surface area contributed by atoms with Crippen molar-refractivity contribution in [3.05, 3.63) is 26.7 Å². The first kappa shape index (κ1) is 13.1. The third-order valence-electron chi connectivity index (χ3n) is 3.54. The number of hydrogen-bond acceptors (Lipinski definition) is 4. The standard InChI is InChI=1S/C14H16BrN3S/c1-8-10(15)7-12(19-8)14-17-11-6-4-2-3-5-9(11)13(16)18-14/h7H,2-6H2,1H3,(H2,16,17,18). The van der Waals surface area contributed by atoms with E-state index in [0.29, 0.717) is 5.82 Å². The van der Waals surface area contributed by atoms with Gasteiger partial charge in [-0.3, -0.25) is 0 Å². The van der Waals surface area contributed by atoms with E-state index in [-0.39, 0.29) is 0 Å². The molecule has 0 saturated carbocycles. The van der Waals surface area contributed by atoms with Gasteiger partial charge in [-0.05, 0) is 54.6 Å². The van der Waals surface area contributed by atoms with Crippen molar-refractivity contribution in [1.29, 1.82) is 0 Å². The molecule has 0 aromatic carbocycles. The quantitative estimate of drug-likeness (QED) is 0.796. The van der Waals surface area contributed by atoms with Crippen molar-refractivity contribution in [2.45, 2.75) is 39.0 Å². The van der Waals surface area contributed by atoms with Crippen molar-refractivity contribution in [3.8, 4) is 10.7 Å². The van der Waals surface area contributed by atoms with Gasteiger partial charge in [-0.2, -0.15) is 0 Å². The normalized spacial score (nSPS) is 15.1. The van der Waals surface area contributed by atoms with Gasteiger partial charge >= 0.3 is 0 Å². The summed E-state index contributed by atoms with van der Waals surface area (Å²) >= 11 is 5.25. The van der Waals surface area contributed by atoms with Crippen molar-refractivity contribution in [2.75, 3.05) is 5.73 Å². The molecule has 100 valence electrons. The zero-order valence-corrected chi connectivity index (χ0v) is 13.3. The molecule has 0 saturated heterocycles. The van der Waals surface area contributed by atoms with E-state index in [4.69, 9.17) is 10.7 Å². The van der Waals surface area contributed by atoms with E-state index in [1.807, 2.05) is 0 Å². The van der Waals surface area contributed by atoms with Gasteiger partial charge < -0.3 is 5.73 Å². The van der Waals surface area contributed by atoms with Crippen molar-refractivity contribution in [3.63, 3.8) is 0 Å². The smallest absolute Gasteiger partial charge is 0.171 e. The van der Waals surface area contributed by atoms with E-state index < -0.39 is 0 Å².